The highest BCUT2D eigenvalue weighted by molar-refractivity contribution is 8.77. The summed E-state index contributed by atoms with van der Waals surface area (Å²) in [6, 6.07) is 0. The maximum absolute atomic E-state index is 11.3. The third-order valence-electron chi connectivity index (χ3n) is 3.36. The number of carbonyl (C=O) groups is 2. The van der Waals surface area contributed by atoms with Crippen molar-refractivity contribution in [3.8, 4) is 0 Å². The predicted molar refractivity (Wildman–Crippen MR) is 133 cm³/mol. The molecule has 6 heteroatoms. The van der Waals surface area contributed by atoms with Crippen LogP contribution >= 0.6 is 43.2 Å². The zero-order valence-corrected chi connectivity index (χ0v) is 22.0. The summed E-state index contributed by atoms with van der Waals surface area (Å²) < 4.78 is 0. The van der Waals surface area contributed by atoms with Crippen molar-refractivity contribution in [1.82, 2.24) is 0 Å². The molecule has 0 aliphatic heterocycles. The summed E-state index contributed by atoms with van der Waals surface area (Å²) in [5, 5.41) is 1.39. The van der Waals surface area contributed by atoms with E-state index in [-0.39, 0.29) is 11.8 Å². The monoisotopic (exact) mass is 454 g/mol. The maximum Gasteiger partial charge on any atom is 0.135 e. The fraction of sp³-hybridized carbons (Fsp3) is 0.905. The molecule has 0 amide bonds. The van der Waals surface area contributed by atoms with Gasteiger partial charge in [0.05, 0.1) is 0 Å². The van der Waals surface area contributed by atoms with E-state index in [0.29, 0.717) is 22.1 Å². The molecule has 2 nitrogen and oxygen atoms in total. The molecule has 0 aromatic heterocycles. The Morgan fingerprint density at radius 3 is 1.33 bits per heavy atom. The molecule has 0 aromatic carbocycles. The quantitative estimate of drug-likeness (QED) is 0.184. The van der Waals surface area contributed by atoms with Crippen molar-refractivity contribution in [2.24, 2.45) is 11.8 Å². The van der Waals surface area contributed by atoms with Gasteiger partial charge >= 0.3 is 0 Å². The molecule has 0 aliphatic carbocycles. The normalized spacial score (nSPS) is 11.3. The summed E-state index contributed by atoms with van der Waals surface area (Å²) in [7, 11) is 7.63. The number of ketones is 2. The van der Waals surface area contributed by atoms with Crippen LogP contribution in [0.25, 0.3) is 0 Å². The zero-order chi connectivity index (χ0) is 21.2. The van der Waals surface area contributed by atoms with Crippen molar-refractivity contribution in [2.45, 2.75) is 98.0 Å². The number of Topliss-reactive ketones (excluding diaryl/α,β-unsaturated/α-hetero) is 2. The van der Waals surface area contributed by atoms with Gasteiger partial charge in [0.15, 0.2) is 0 Å². The van der Waals surface area contributed by atoms with Gasteiger partial charge in [-0.15, -0.1) is 0 Å². The first-order chi connectivity index (χ1) is 12.6. The van der Waals surface area contributed by atoms with E-state index in [1.807, 2.05) is 70.9 Å². The van der Waals surface area contributed by atoms with Gasteiger partial charge in [0.2, 0.25) is 0 Å². The molecule has 162 valence electrons. The van der Waals surface area contributed by atoms with Crippen LogP contribution in [0.5, 0.6) is 0 Å². The highest BCUT2D eigenvalue weighted by Gasteiger charge is 2.07. The Bertz CT molecular complexity index is 369. The van der Waals surface area contributed by atoms with Crippen molar-refractivity contribution >= 4 is 54.7 Å². The number of unbranched alkanes of at least 4 members (excludes halogenated alkanes) is 1. The number of hydrogen-bond donors (Lipinski definition) is 0. The largest absolute Gasteiger partial charge is 0.299 e. The average Bonchev–Trinajstić information content (AvgIpc) is 2.57. The van der Waals surface area contributed by atoms with Crippen LogP contribution in [0, 0.1) is 11.8 Å². The predicted octanol–water partition coefficient (Wildman–Crippen LogP) is 7.95. The molecular weight excluding hydrogens is 412 g/mol. The fourth-order valence-electron chi connectivity index (χ4n) is 1.71. The fourth-order valence-corrected chi connectivity index (χ4v) is 5.95. The van der Waals surface area contributed by atoms with Gasteiger partial charge in [-0.3, -0.25) is 9.59 Å². The summed E-state index contributed by atoms with van der Waals surface area (Å²) in [5.74, 6) is 3.51. The molecule has 0 aromatic rings. The molecule has 0 fully saturated rings. The molecule has 0 radical (unpaired) electrons. The SMILES string of the molecule is CC(C)SSCCCC(=O)C(C)C.CC(C)SSCCCCC(=O)C(C)C. The molecule has 0 bridgehead atoms. The van der Waals surface area contributed by atoms with Crippen LogP contribution in [-0.2, 0) is 9.59 Å². The highest BCUT2D eigenvalue weighted by atomic mass is 33.1. The molecule has 27 heavy (non-hydrogen) atoms. The third kappa shape index (κ3) is 24.7. The van der Waals surface area contributed by atoms with Crippen LogP contribution in [0.4, 0.5) is 0 Å². The van der Waals surface area contributed by atoms with Crippen molar-refractivity contribution in [2.75, 3.05) is 11.5 Å². The number of hydrogen-bond acceptors (Lipinski definition) is 6. The van der Waals surface area contributed by atoms with Crippen LogP contribution in [0.2, 0.25) is 0 Å². The smallest absolute Gasteiger partial charge is 0.135 e. The molecule has 0 spiro atoms. The van der Waals surface area contributed by atoms with Gasteiger partial charge in [-0.05, 0) is 19.3 Å². The van der Waals surface area contributed by atoms with E-state index in [1.165, 1.54) is 12.2 Å². The van der Waals surface area contributed by atoms with Gasteiger partial charge in [0.1, 0.15) is 11.6 Å². The summed E-state index contributed by atoms with van der Waals surface area (Å²) in [6.45, 7) is 16.7. The van der Waals surface area contributed by atoms with Crippen molar-refractivity contribution in [3.05, 3.63) is 0 Å². The van der Waals surface area contributed by atoms with E-state index in [9.17, 15) is 9.59 Å². The Balaban J connectivity index is 0. The lowest BCUT2D eigenvalue weighted by Gasteiger charge is -2.04. The van der Waals surface area contributed by atoms with Crippen molar-refractivity contribution in [3.63, 3.8) is 0 Å². The van der Waals surface area contributed by atoms with Crippen molar-refractivity contribution in [1.29, 1.82) is 0 Å². The molecule has 0 saturated heterocycles. The van der Waals surface area contributed by atoms with Crippen LogP contribution in [-0.4, -0.2) is 33.6 Å². The van der Waals surface area contributed by atoms with E-state index >= 15 is 0 Å². The Labute approximate surface area is 185 Å². The minimum atomic E-state index is 0.211. The van der Waals surface area contributed by atoms with E-state index < -0.39 is 0 Å². The Morgan fingerprint density at radius 2 is 0.963 bits per heavy atom. The first-order valence-electron chi connectivity index (χ1n) is 10.2. The van der Waals surface area contributed by atoms with Gasteiger partial charge in [0, 0.05) is 46.7 Å². The Kier molecular flexibility index (Phi) is 22.2. The second-order valence-corrected chi connectivity index (χ2v) is 13.9. The lowest BCUT2D eigenvalue weighted by molar-refractivity contribution is -0.122. The minimum Gasteiger partial charge on any atom is -0.299 e. The number of rotatable bonds is 15. The average molecular weight is 455 g/mol. The van der Waals surface area contributed by atoms with Crippen molar-refractivity contribution < 1.29 is 9.59 Å². The van der Waals surface area contributed by atoms with E-state index in [4.69, 9.17) is 0 Å². The van der Waals surface area contributed by atoms with E-state index in [2.05, 4.69) is 27.7 Å². The summed E-state index contributed by atoms with van der Waals surface area (Å²) in [4.78, 5) is 22.5. The second kappa shape index (κ2) is 20.0. The summed E-state index contributed by atoms with van der Waals surface area (Å²) in [6.07, 6.45) is 4.78. The van der Waals surface area contributed by atoms with Gasteiger partial charge in [-0.2, -0.15) is 0 Å². The highest BCUT2D eigenvalue weighted by Crippen LogP contribution is 2.27. The molecule has 0 N–H and O–H groups in total. The molecule has 0 heterocycles. The Hall–Kier alpha value is 0.740. The first-order valence-corrected chi connectivity index (χ1v) is 15.0. The third-order valence-corrected chi connectivity index (χ3v) is 9.44. The van der Waals surface area contributed by atoms with Crippen LogP contribution in [0.15, 0.2) is 0 Å². The van der Waals surface area contributed by atoms with Gasteiger partial charge in [-0.1, -0.05) is 98.6 Å². The second-order valence-electron chi connectivity index (χ2n) is 7.74. The van der Waals surface area contributed by atoms with Gasteiger partial charge < -0.3 is 0 Å². The molecule has 0 rings (SSSR count). The first kappa shape index (κ1) is 29.9. The van der Waals surface area contributed by atoms with E-state index in [1.54, 1.807) is 0 Å². The topological polar surface area (TPSA) is 34.1 Å². The standard InChI is InChI=1S/C11H22OS2.C10H20OS2/c1-9(2)11(12)7-5-6-8-13-14-10(3)4;1-8(2)10(11)6-5-7-12-13-9(3)4/h9-10H,5-8H2,1-4H3;8-9H,5-7H2,1-4H3. The van der Waals surface area contributed by atoms with Gasteiger partial charge in [0.25, 0.3) is 0 Å². The molecular formula is C21H42O2S4. The molecule has 0 unspecified atom stereocenters. The minimum absolute atomic E-state index is 0.211. The maximum atomic E-state index is 11.3. The lowest BCUT2D eigenvalue weighted by atomic mass is 10.0. The van der Waals surface area contributed by atoms with E-state index in [0.717, 1.165) is 31.4 Å². The lowest BCUT2D eigenvalue weighted by Crippen LogP contribution is -2.06. The number of carbonyl (C=O) groups excluding carboxylic acids is 2. The summed E-state index contributed by atoms with van der Waals surface area (Å²) in [5.41, 5.74) is 0. The summed E-state index contributed by atoms with van der Waals surface area (Å²) >= 11 is 0. The molecule has 0 saturated carbocycles. The van der Waals surface area contributed by atoms with Gasteiger partial charge in [-0.25, -0.2) is 0 Å². The zero-order valence-electron chi connectivity index (χ0n) is 18.7. The molecule has 0 aliphatic rings. The Morgan fingerprint density at radius 1 is 0.593 bits per heavy atom. The van der Waals surface area contributed by atoms with Crippen LogP contribution in [0.1, 0.15) is 87.5 Å². The van der Waals surface area contributed by atoms with Crippen LogP contribution in [0.3, 0.4) is 0 Å². The van der Waals surface area contributed by atoms with Crippen LogP contribution < -0.4 is 0 Å². The molecule has 0 atom stereocenters.